The largest absolute Gasteiger partial charge is 0.464 e. The van der Waals surface area contributed by atoms with Crippen LogP contribution in [0.1, 0.15) is 13.3 Å². The van der Waals surface area contributed by atoms with E-state index in [1.807, 2.05) is 0 Å². The highest BCUT2D eigenvalue weighted by molar-refractivity contribution is 5.80. The molecule has 1 unspecified atom stereocenters. The number of alkyl halides is 1. The lowest BCUT2D eigenvalue weighted by Crippen LogP contribution is -2.37. The molecule has 1 fully saturated rings. The molecule has 0 radical (unpaired) electrons. The van der Waals surface area contributed by atoms with Gasteiger partial charge in [0.25, 0.3) is 0 Å². The molecule has 0 spiro atoms. The lowest BCUT2D eigenvalue weighted by atomic mass is 10.1. The quantitative estimate of drug-likeness (QED) is 0.590. The van der Waals surface area contributed by atoms with Crippen LogP contribution >= 0.6 is 0 Å². The number of hydrogen-bond donors (Lipinski definition) is 1. The molecule has 1 atom stereocenters. The molecule has 0 aromatic heterocycles. The van der Waals surface area contributed by atoms with Crippen LogP contribution in [0.25, 0.3) is 0 Å². The Labute approximate surface area is 64.9 Å². The first-order valence-electron chi connectivity index (χ1n) is 3.76. The van der Waals surface area contributed by atoms with Crippen LogP contribution in [0.2, 0.25) is 0 Å². The van der Waals surface area contributed by atoms with E-state index in [0.29, 0.717) is 6.54 Å². The molecule has 3 nitrogen and oxygen atoms in total. The summed E-state index contributed by atoms with van der Waals surface area (Å²) >= 11 is 0. The Bertz CT molecular complexity index is 155. The number of carbonyl (C=O) groups is 1. The number of nitrogens with one attached hydrogen (secondary N) is 1. The molecule has 1 aliphatic rings. The minimum Gasteiger partial charge on any atom is -0.464 e. The van der Waals surface area contributed by atoms with Crippen molar-refractivity contribution < 1.29 is 13.9 Å². The van der Waals surface area contributed by atoms with Gasteiger partial charge in [-0.1, -0.05) is 0 Å². The molecule has 0 saturated carbocycles. The molecule has 64 valence electrons. The molecule has 1 saturated heterocycles. The summed E-state index contributed by atoms with van der Waals surface area (Å²) < 4.78 is 17.9. The summed E-state index contributed by atoms with van der Waals surface area (Å²) in [5, 5.41) is 2.78. The van der Waals surface area contributed by atoms with Gasteiger partial charge < -0.3 is 10.1 Å². The molecule has 0 aromatic carbocycles. The van der Waals surface area contributed by atoms with Crippen molar-refractivity contribution in [3.05, 3.63) is 0 Å². The highest BCUT2D eigenvalue weighted by Gasteiger charge is 2.42. The lowest BCUT2D eigenvalue weighted by Gasteiger charge is -2.14. The Morgan fingerprint density at radius 3 is 3.00 bits per heavy atom. The molecular formula is C7H12FNO2. The number of hydrogen-bond acceptors (Lipinski definition) is 3. The van der Waals surface area contributed by atoms with E-state index >= 15 is 0 Å². The first-order valence-corrected chi connectivity index (χ1v) is 3.76. The normalized spacial score (nSPS) is 30.4. The SMILES string of the molecule is CCOC(=O)C1(F)CCNC1. The topological polar surface area (TPSA) is 38.3 Å². The van der Waals surface area contributed by atoms with Gasteiger partial charge in [-0.15, -0.1) is 0 Å². The Balaban J connectivity index is 2.49. The molecule has 0 bridgehead atoms. The zero-order valence-corrected chi connectivity index (χ0v) is 6.52. The van der Waals surface area contributed by atoms with E-state index in [9.17, 15) is 9.18 Å². The molecule has 11 heavy (non-hydrogen) atoms. The fourth-order valence-corrected chi connectivity index (χ4v) is 1.10. The molecule has 0 aromatic rings. The van der Waals surface area contributed by atoms with E-state index in [1.54, 1.807) is 6.92 Å². The first-order chi connectivity index (χ1) is 5.19. The van der Waals surface area contributed by atoms with E-state index in [0.717, 1.165) is 0 Å². The zero-order valence-electron chi connectivity index (χ0n) is 6.52. The Morgan fingerprint density at radius 2 is 2.55 bits per heavy atom. The maximum absolute atomic E-state index is 13.4. The fraction of sp³-hybridized carbons (Fsp3) is 0.857. The summed E-state index contributed by atoms with van der Waals surface area (Å²) in [6.07, 6.45) is 0.228. The number of ether oxygens (including phenoxy) is 1. The van der Waals surface area contributed by atoms with E-state index in [4.69, 9.17) is 0 Å². The summed E-state index contributed by atoms with van der Waals surface area (Å²) in [4.78, 5) is 10.9. The third-order valence-electron chi connectivity index (χ3n) is 1.74. The van der Waals surface area contributed by atoms with Crippen LogP contribution in [0.15, 0.2) is 0 Å². The van der Waals surface area contributed by atoms with Gasteiger partial charge in [-0.05, 0) is 13.5 Å². The van der Waals surface area contributed by atoms with Gasteiger partial charge in [0.05, 0.1) is 6.61 Å². The molecule has 1 N–H and O–H groups in total. The Hall–Kier alpha value is -0.640. The molecule has 4 heteroatoms. The minimum absolute atomic E-state index is 0.0891. The van der Waals surface area contributed by atoms with Gasteiger partial charge in [0.2, 0.25) is 5.67 Å². The number of halogens is 1. The summed E-state index contributed by atoms with van der Waals surface area (Å²) in [5.74, 6) is -0.731. The van der Waals surface area contributed by atoms with Crippen LogP contribution in [0.3, 0.4) is 0 Å². The average molecular weight is 161 g/mol. The number of esters is 1. The van der Waals surface area contributed by atoms with Crippen molar-refractivity contribution in [2.24, 2.45) is 0 Å². The van der Waals surface area contributed by atoms with Crippen molar-refractivity contribution in [2.75, 3.05) is 19.7 Å². The second-order valence-electron chi connectivity index (χ2n) is 2.61. The van der Waals surface area contributed by atoms with Gasteiger partial charge in [-0.2, -0.15) is 0 Å². The molecule has 0 amide bonds. The van der Waals surface area contributed by atoms with E-state index in [1.165, 1.54) is 0 Å². The lowest BCUT2D eigenvalue weighted by molar-refractivity contribution is -0.155. The summed E-state index contributed by atoms with van der Waals surface area (Å²) in [7, 11) is 0. The molecule has 1 aliphatic heterocycles. The standard InChI is InChI=1S/C7H12FNO2/c1-2-11-6(10)7(8)3-4-9-5-7/h9H,2-5H2,1H3. The maximum atomic E-state index is 13.4. The summed E-state index contributed by atoms with van der Waals surface area (Å²) in [5.41, 5.74) is -1.77. The van der Waals surface area contributed by atoms with Crippen LogP contribution < -0.4 is 5.32 Å². The van der Waals surface area contributed by atoms with Crippen LogP contribution in [-0.2, 0) is 9.53 Å². The highest BCUT2D eigenvalue weighted by atomic mass is 19.1. The fourth-order valence-electron chi connectivity index (χ4n) is 1.10. The molecule has 0 aliphatic carbocycles. The van der Waals surface area contributed by atoms with Gasteiger partial charge in [-0.25, -0.2) is 9.18 Å². The van der Waals surface area contributed by atoms with Crippen LogP contribution in [0.4, 0.5) is 4.39 Å². The van der Waals surface area contributed by atoms with Crippen molar-refractivity contribution in [2.45, 2.75) is 19.0 Å². The minimum atomic E-state index is -1.77. The van der Waals surface area contributed by atoms with E-state index < -0.39 is 11.6 Å². The Kier molecular flexibility index (Phi) is 2.44. The monoisotopic (exact) mass is 161 g/mol. The van der Waals surface area contributed by atoms with Crippen molar-refractivity contribution in [1.82, 2.24) is 5.32 Å². The smallest absolute Gasteiger partial charge is 0.345 e. The van der Waals surface area contributed by atoms with Gasteiger partial charge in [-0.3, -0.25) is 0 Å². The number of rotatable bonds is 2. The van der Waals surface area contributed by atoms with E-state index in [2.05, 4.69) is 10.1 Å². The van der Waals surface area contributed by atoms with Crippen LogP contribution in [-0.4, -0.2) is 31.3 Å². The van der Waals surface area contributed by atoms with Gasteiger partial charge in [0, 0.05) is 13.0 Å². The summed E-state index contributed by atoms with van der Waals surface area (Å²) in [6.45, 7) is 2.55. The van der Waals surface area contributed by atoms with Gasteiger partial charge in [0.1, 0.15) is 0 Å². The van der Waals surface area contributed by atoms with Crippen LogP contribution in [0, 0.1) is 0 Å². The van der Waals surface area contributed by atoms with E-state index in [-0.39, 0.29) is 19.6 Å². The van der Waals surface area contributed by atoms with Crippen molar-refractivity contribution in [1.29, 1.82) is 0 Å². The third-order valence-corrected chi connectivity index (χ3v) is 1.74. The predicted molar refractivity (Wildman–Crippen MR) is 38.0 cm³/mol. The molecular weight excluding hydrogens is 149 g/mol. The zero-order chi connectivity index (χ0) is 8.32. The Morgan fingerprint density at radius 1 is 1.82 bits per heavy atom. The highest BCUT2D eigenvalue weighted by Crippen LogP contribution is 2.21. The van der Waals surface area contributed by atoms with Crippen molar-refractivity contribution in [3.8, 4) is 0 Å². The first kappa shape index (κ1) is 8.46. The van der Waals surface area contributed by atoms with Gasteiger partial charge in [0.15, 0.2) is 0 Å². The third kappa shape index (κ3) is 1.68. The molecule has 1 rings (SSSR count). The predicted octanol–water partition coefficient (Wildman–Crippen LogP) is 0.251. The summed E-state index contributed by atoms with van der Waals surface area (Å²) in [6, 6.07) is 0. The second kappa shape index (κ2) is 3.17. The number of carbonyl (C=O) groups excluding carboxylic acids is 1. The molecule has 1 heterocycles. The van der Waals surface area contributed by atoms with Crippen LogP contribution in [0.5, 0.6) is 0 Å². The van der Waals surface area contributed by atoms with Gasteiger partial charge >= 0.3 is 5.97 Å². The second-order valence-corrected chi connectivity index (χ2v) is 2.61. The van der Waals surface area contributed by atoms with Crippen molar-refractivity contribution >= 4 is 5.97 Å². The van der Waals surface area contributed by atoms with Crippen molar-refractivity contribution in [3.63, 3.8) is 0 Å². The maximum Gasteiger partial charge on any atom is 0.345 e. The average Bonchev–Trinajstić information content (AvgIpc) is 2.38.